The monoisotopic (exact) mass is 716 g/mol. The molecular weight excluding hydrogens is 685 g/mol. The maximum absolute atomic E-state index is 6.96. The fraction of sp³-hybridized carbons (Fsp3) is 0. The lowest BCUT2D eigenvalue weighted by molar-refractivity contribution is 0.670. The van der Waals surface area contributed by atoms with Crippen LogP contribution in [0.25, 0.3) is 106 Å². The standard InChI is InChI=1S/C51H32N4O/c1-4-14-33(15-5-1)34-24-26-37(27-25-34)50-52-49(36-18-8-3-9-19-36)53-51(54-50)38-28-29-42-46(32-38)56-48-39(35-16-6-2-7-17-35)30-31-45(47(42)48)55-43-22-12-10-20-40(43)41-21-11-13-23-44(41)55/h1-32H. The smallest absolute Gasteiger partial charge is 0.164 e. The molecule has 0 radical (unpaired) electrons. The molecule has 0 unspecified atom stereocenters. The average Bonchev–Trinajstić information content (AvgIpc) is 3.83. The van der Waals surface area contributed by atoms with Crippen LogP contribution in [0.15, 0.2) is 199 Å². The van der Waals surface area contributed by atoms with Crippen LogP contribution in [-0.4, -0.2) is 19.5 Å². The zero-order valence-electron chi connectivity index (χ0n) is 30.2. The number of hydrogen-bond acceptors (Lipinski definition) is 4. The van der Waals surface area contributed by atoms with Gasteiger partial charge in [-0.3, -0.25) is 0 Å². The van der Waals surface area contributed by atoms with Crippen molar-refractivity contribution < 1.29 is 4.42 Å². The molecule has 0 aliphatic heterocycles. The SMILES string of the molecule is c1ccc(-c2ccc(-c3nc(-c4ccccc4)nc(-c4ccc5c(c4)oc4c(-c6ccccc6)ccc(-n6c7ccccc7c7ccccc76)c45)n3)cc2)cc1. The first-order chi connectivity index (χ1) is 27.8. The van der Waals surface area contributed by atoms with Crippen molar-refractivity contribution in [2.75, 3.05) is 0 Å². The Kier molecular flexibility index (Phi) is 7.42. The Hall–Kier alpha value is -7.63. The highest BCUT2D eigenvalue weighted by molar-refractivity contribution is 6.17. The molecule has 11 aromatic rings. The molecule has 3 aromatic heterocycles. The molecule has 56 heavy (non-hydrogen) atoms. The summed E-state index contributed by atoms with van der Waals surface area (Å²) in [5.74, 6) is 1.80. The summed E-state index contributed by atoms with van der Waals surface area (Å²) in [5.41, 5.74) is 12.1. The molecule has 0 fully saturated rings. The van der Waals surface area contributed by atoms with Gasteiger partial charge in [-0.25, -0.2) is 15.0 Å². The predicted molar refractivity (Wildman–Crippen MR) is 229 cm³/mol. The summed E-state index contributed by atoms with van der Waals surface area (Å²) < 4.78 is 9.34. The van der Waals surface area contributed by atoms with Gasteiger partial charge in [-0.15, -0.1) is 0 Å². The molecule has 262 valence electrons. The average molecular weight is 717 g/mol. The summed E-state index contributed by atoms with van der Waals surface area (Å²) in [4.78, 5) is 15.1. The number of hydrogen-bond donors (Lipinski definition) is 0. The molecule has 8 aromatic carbocycles. The van der Waals surface area contributed by atoms with E-state index in [2.05, 4.69) is 156 Å². The van der Waals surface area contributed by atoms with Gasteiger partial charge in [-0.1, -0.05) is 158 Å². The maximum Gasteiger partial charge on any atom is 0.164 e. The van der Waals surface area contributed by atoms with E-state index in [-0.39, 0.29) is 0 Å². The number of benzene rings is 8. The summed E-state index contributed by atoms with van der Waals surface area (Å²) in [5, 5.41) is 4.51. The first-order valence-electron chi connectivity index (χ1n) is 18.8. The summed E-state index contributed by atoms with van der Waals surface area (Å²) in [6.45, 7) is 0. The van der Waals surface area contributed by atoms with Crippen molar-refractivity contribution in [2.45, 2.75) is 0 Å². The van der Waals surface area contributed by atoms with E-state index in [1.807, 2.05) is 42.5 Å². The van der Waals surface area contributed by atoms with Crippen LogP contribution < -0.4 is 0 Å². The van der Waals surface area contributed by atoms with Crippen LogP contribution in [0.3, 0.4) is 0 Å². The Morgan fingerprint density at radius 2 is 0.821 bits per heavy atom. The molecule has 0 N–H and O–H groups in total. The van der Waals surface area contributed by atoms with Gasteiger partial charge in [-0.05, 0) is 53.1 Å². The number of para-hydroxylation sites is 2. The lowest BCUT2D eigenvalue weighted by Crippen LogP contribution is -2.00. The summed E-state index contributed by atoms with van der Waals surface area (Å²) in [7, 11) is 0. The summed E-state index contributed by atoms with van der Waals surface area (Å²) in [6.07, 6.45) is 0. The zero-order chi connectivity index (χ0) is 37.0. The Morgan fingerprint density at radius 1 is 0.357 bits per heavy atom. The molecule has 5 heteroatoms. The van der Waals surface area contributed by atoms with Gasteiger partial charge < -0.3 is 8.98 Å². The largest absolute Gasteiger partial charge is 0.455 e. The molecule has 0 aliphatic carbocycles. The van der Waals surface area contributed by atoms with Crippen molar-refractivity contribution in [3.05, 3.63) is 194 Å². The fourth-order valence-corrected chi connectivity index (χ4v) is 8.01. The van der Waals surface area contributed by atoms with Crippen LogP contribution in [0.2, 0.25) is 0 Å². The molecule has 11 rings (SSSR count). The second-order valence-electron chi connectivity index (χ2n) is 14.0. The Morgan fingerprint density at radius 3 is 1.45 bits per heavy atom. The zero-order valence-corrected chi connectivity index (χ0v) is 30.2. The first-order valence-corrected chi connectivity index (χ1v) is 18.8. The van der Waals surface area contributed by atoms with Crippen LogP contribution in [0.5, 0.6) is 0 Å². The second kappa shape index (κ2) is 13.0. The number of furan rings is 1. The molecule has 0 atom stereocenters. The van der Waals surface area contributed by atoms with Gasteiger partial charge in [0, 0.05) is 38.4 Å². The lowest BCUT2D eigenvalue weighted by atomic mass is 10.0. The van der Waals surface area contributed by atoms with Gasteiger partial charge >= 0.3 is 0 Å². The highest BCUT2D eigenvalue weighted by atomic mass is 16.3. The van der Waals surface area contributed by atoms with Gasteiger partial charge in [-0.2, -0.15) is 0 Å². The molecule has 0 bridgehead atoms. The molecule has 5 nitrogen and oxygen atoms in total. The Labute approximate surface area is 322 Å². The van der Waals surface area contributed by atoms with E-state index in [9.17, 15) is 0 Å². The maximum atomic E-state index is 6.96. The molecule has 0 saturated carbocycles. The molecule has 0 aliphatic rings. The topological polar surface area (TPSA) is 56.7 Å². The van der Waals surface area contributed by atoms with E-state index in [1.54, 1.807) is 0 Å². The van der Waals surface area contributed by atoms with E-state index < -0.39 is 0 Å². The van der Waals surface area contributed by atoms with Crippen molar-refractivity contribution in [1.29, 1.82) is 0 Å². The van der Waals surface area contributed by atoms with Crippen LogP contribution in [0.1, 0.15) is 0 Å². The molecule has 0 amide bonds. The van der Waals surface area contributed by atoms with Gasteiger partial charge in [0.1, 0.15) is 11.2 Å². The third-order valence-electron chi connectivity index (χ3n) is 10.7. The van der Waals surface area contributed by atoms with Crippen molar-refractivity contribution in [1.82, 2.24) is 19.5 Å². The summed E-state index contributed by atoms with van der Waals surface area (Å²) in [6, 6.07) is 67.3. The third kappa shape index (κ3) is 5.29. The van der Waals surface area contributed by atoms with Crippen molar-refractivity contribution >= 4 is 43.7 Å². The third-order valence-corrected chi connectivity index (χ3v) is 10.7. The minimum absolute atomic E-state index is 0.578. The Bertz CT molecular complexity index is 3170. The Balaban J connectivity index is 1.12. The van der Waals surface area contributed by atoms with Crippen molar-refractivity contribution in [3.63, 3.8) is 0 Å². The van der Waals surface area contributed by atoms with Crippen molar-refractivity contribution in [2.24, 2.45) is 0 Å². The molecular formula is C51H32N4O. The quantitative estimate of drug-likeness (QED) is 0.172. The molecule has 0 spiro atoms. The van der Waals surface area contributed by atoms with E-state index in [4.69, 9.17) is 19.4 Å². The van der Waals surface area contributed by atoms with Crippen LogP contribution in [-0.2, 0) is 0 Å². The summed E-state index contributed by atoms with van der Waals surface area (Å²) >= 11 is 0. The van der Waals surface area contributed by atoms with E-state index in [0.29, 0.717) is 17.5 Å². The van der Waals surface area contributed by atoms with Gasteiger partial charge in [0.2, 0.25) is 0 Å². The van der Waals surface area contributed by atoms with Gasteiger partial charge in [0.25, 0.3) is 0 Å². The van der Waals surface area contributed by atoms with E-state index >= 15 is 0 Å². The normalized spacial score (nSPS) is 11.6. The van der Waals surface area contributed by atoms with Crippen LogP contribution in [0.4, 0.5) is 0 Å². The van der Waals surface area contributed by atoms with Gasteiger partial charge in [0.05, 0.1) is 22.1 Å². The van der Waals surface area contributed by atoms with Crippen LogP contribution >= 0.6 is 0 Å². The highest BCUT2D eigenvalue weighted by Gasteiger charge is 2.22. The number of fused-ring (bicyclic) bond motifs is 6. The lowest BCUT2D eigenvalue weighted by Gasteiger charge is -2.12. The minimum Gasteiger partial charge on any atom is -0.455 e. The number of nitrogens with zero attached hydrogens (tertiary/aromatic N) is 4. The number of rotatable bonds is 6. The van der Waals surface area contributed by atoms with E-state index in [0.717, 1.165) is 77.6 Å². The van der Waals surface area contributed by atoms with Gasteiger partial charge in [0.15, 0.2) is 17.5 Å². The second-order valence-corrected chi connectivity index (χ2v) is 14.0. The molecule has 3 heterocycles. The van der Waals surface area contributed by atoms with Crippen LogP contribution in [0, 0.1) is 0 Å². The first kappa shape index (κ1) is 31.9. The molecule has 0 saturated heterocycles. The number of aromatic nitrogens is 4. The highest BCUT2D eigenvalue weighted by Crippen LogP contribution is 2.43. The van der Waals surface area contributed by atoms with E-state index in [1.165, 1.54) is 10.8 Å². The van der Waals surface area contributed by atoms with Crippen molar-refractivity contribution in [3.8, 4) is 62.1 Å². The minimum atomic E-state index is 0.578. The fourth-order valence-electron chi connectivity index (χ4n) is 8.01. The predicted octanol–water partition coefficient (Wildman–Crippen LogP) is 13.2.